The third-order valence-corrected chi connectivity index (χ3v) is 2.78. The van der Waals surface area contributed by atoms with Gasteiger partial charge in [0.05, 0.1) is 11.0 Å². The predicted molar refractivity (Wildman–Crippen MR) is 76.1 cm³/mol. The van der Waals surface area contributed by atoms with Crippen molar-refractivity contribution in [2.24, 2.45) is 0 Å². The molecule has 0 spiro atoms. The Labute approximate surface area is 117 Å². The van der Waals surface area contributed by atoms with Crippen LogP contribution in [0.1, 0.15) is 24.2 Å². The molecule has 1 aromatic carbocycles. The third kappa shape index (κ3) is 4.20. The number of carbonyl (C=O) groups excluding carboxylic acids is 1. The number of benzene rings is 1. The van der Waals surface area contributed by atoms with E-state index in [0.717, 1.165) is 0 Å². The van der Waals surface area contributed by atoms with Gasteiger partial charge in [-0.25, -0.2) is 0 Å². The van der Waals surface area contributed by atoms with Gasteiger partial charge in [0.2, 0.25) is 0 Å². The molecular formula is C13H19N3O4. The van der Waals surface area contributed by atoms with Gasteiger partial charge >= 0.3 is 0 Å². The fraction of sp³-hybridized carbons (Fsp3) is 0.462. The van der Waals surface area contributed by atoms with E-state index in [9.17, 15) is 14.9 Å². The van der Waals surface area contributed by atoms with E-state index in [4.69, 9.17) is 4.74 Å². The van der Waals surface area contributed by atoms with E-state index in [1.165, 1.54) is 18.2 Å². The van der Waals surface area contributed by atoms with E-state index in [1.54, 1.807) is 7.11 Å². The standard InChI is InChI=1S/C13H19N3O4/c1-4-14-11-7-10(5-6-12(11)16(18)19)13(17)15-8-9(2)20-3/h5-7,9,14H,4,8H2,1-3H3,(H,15,17). The molecule has 110 valence electrons. The van der Waals surface area contributed by atoms with Crippen LogP contribution in [0.25, 0.3) is 0 Å². The number of nitrogens with one attached hydrogen (secondary N) is 2. The number of methoxy groups -OCH3 is 1. The predicted octanol–water partition coefficient (Wildman–Crippen LogP) is 1.79. The van der Waals surface area contributed by atoms with Crippen LogP contribution in [0.2, 0.25) is 0 Å². The molecule has 1 amide bonds. The van der Waals surface area contributed by atoms with Gasteiger partial charge in [-0.3, -0.25) is 14.9 Å². The van der Waals surface area contributed by atoms with E-state index in [1.807, 2.05) is 13.8 Å². The molecule has 7 nitrogen and oxygen atoms in total. The summed E-state index contributed by atoms with van der Waals surface area (Å²) in [4.78, 5) is 22.3. The minimum absolute atomic E-state index is 0.0475. The first-order valence-electron chi connectivity index (χ1n) is 6.32. The monoisotopic (exact) mass is 281 g/mol. The van der Waals surface area contributed by atoms with Gasteiger partial charge in [0, 0.05) is 31.8 Å². The lowest BCUT2D eigenvalue weighted by Gasteiger charge is -2.11. The van der Waals surface area contributed by atoms with Crippen LogP contribution >= 0.6 is 0 Å². The van der Waals surface area contributed by atoms with Gasteiger partial charge in [0.1, 0.15) is 5.69 Å². The van der Waals surface area contributed by atoms with Crippen molar-refractivity contribution in [1.29, 1.82) is 0 Å². The van der Waals surface area contributed by atoms with Crippen molar-refractivity contribution < 1.29 is 14.5 Å². The van der Waals surface area contributed by atoms with Crippen molar-refractivity contribution >= 4 is 17.3 Å². The maximum absolute atomic E-state index is 11.9. The average Bonchev–Trinajstić information content (AvgIpc) is 2.44. The number of ether oxygens (including phenoxy) is 1. The van der Waals surface area contributed by atoms with Gasteiger partial charge in [0.15, 0.2) is 0 Å². The van der Waals surface area contributed by atoms with Crippen LogP contribution in [0.5, 0.6) is 0 Å². The highest BCUT2D eigenvalue weighted by Crippen LogP contribution is 2.25. The molecule has 0 bridgehead atoms. The molecule has 0 aliphatic carbocycles. The van der Waals surface area contributed by atoms with Crippen LogP contribution in [0, 0.1) is 10.1 Å². The fourth-order valence-corrected chi connectivity index (χ4v) is 1.59. The van der Waals surface area contributed by atoms with Crippen LogP contribution < -0.4 is 10.6 Å². The van der Waals surface area contributed by atoms with Crippen molar-refractivity contribution in [2.75, 3.05) is 25.5 Å². The number of hydrogen-bond donors (Lipinski definition) is 2. The first kappa shape index (κ1) is 15.9. The molecule has 0 heterocycles. The summed E-state index contributed by atoms with van der Waals surface area (Å²) >= 11 is 0. The zero-order valence-electron chi connectivity index (χ0n) is 11.8. The Morgan fingerprint density at radius 2 is 2.20 bits per heavy atom. The van der Waals surface area contributed by atoms with Crippen LogP contribution in [0.3, 0.4) is 0 Å². The molecular weight excluding hydrogens is 262 g/mol. The molecule has 0 saturated carbocycles. The second-order valence-electron chi connectivity index (χ2n) is 4.28. The van der Waals surface area contributed by atoms with Gasteiger partial charge < -0.3 is 15.4 Å². The van der Waals surface area contributed by atoms with Gasteiger partial charge in [-0.15, -0.1) is 0 Å². The molecule has 1 rings (SSSR count). The van der Waals surface area contributed by atoms with Crippen molar-refractivity contribution in [3.05, 3.63) is 33.9 Å². The van der Waals surface area contributed by atoms with Crippen LogP contribution in [-0.2, 0) is 4.74 Å². The highest BCUT2D eigenvalue weighted by molar-refractivity contribution is 5.95. The topological polar surface area (TPSA) is 93.5 Å². The summed E-state index contributed by atoms with van der Waals surface area (Å²) in [6, 6.07) is 4.24. The highest BCUT2D eigenvalue weighted by Gasteiger charge is 2.16. The molecule has 2 N–H and O–H groups in total. The first-order valence-corrected chi connectivity index (χ1v) is 6.32. The smallest absolute Gasteiger partial charge is 0.292 e. The molecule has 1 aromatic rings. The molecule has 1 atom stereocenters. The minimum Gasteiger partial charge on any atom is -0.380 e. The maximum Gasteiger partial charge on any atom is 0.292 e. The average molecular weight is 281 g/mol. The Kier molecular flexibility index (Phi) is 5.92. The van der Waals surface area contributed by atoms with Crippen molar-refractivity contribution in [2.45, 2.75) is 20.0 Å². The van der Waals surface area contributed by atoms with E-state index < -0.39 is 4.92 Å². The lowest BCUT2D eigenvalue weighted by Crippen LogP contribution is -2.31. The Morgan fingerprint density at radius 3 is 2.75 bits per heavy atom. The van der Waals surface area contributed by atoms with Gasteiger partial charge in [0.25, 0.3) is 11.6 Å². The summed E-state index contributed by atoms with van der Waals surface area (Å²) in [5, 5.41) is 16.5. The summed E-state index contributed by atoms with van der Waals surface area (Å²) in [7, 11) is 1.56. The number of rotatable bonds is 7. The quantitative estimate of drug-likeness (QED) is 0.587. The number of carbonyl (C=O) groups is 1. The molecule has 0 aliphatic rings. The van der Waals surface area contributed by atoms with Crippen molar-refractivity contribution in [1.82, 2.24) is 5.32 Å². The molecule has 0 saturated heterocycles. The highest BCUT2D eigenvalue weighted by atomic mass is 16.6. The number of nitrogens with zero attached hydrogens (tertiary/aromatic N) is 1. The first-order chi connectivity index (χ1) is 9.49. The van der Waals surface area contributed by atoms with Gasteiger partial charge in [-0.2, -0.15) is 0 Å². The second-order valence-corrected chi connectivity index (χ2v) is 4.28. The Morgan fingerprint density at radius 1 is 1.50 bits per heavy atom. The molecule has 0 fully saturated rings. The van der Waals surface area contributed by atoms with Crippen molar-refractivity contribution in [3.63, 3.8) is 0 Å². The lowest BCUT2D eigenvalue weighted by molar-refractivity contribution is -0.384. The van der Waals surface area contributed by atoms with Gasteiger partial charge in [-0.1, -0.05) is 0 Å². The van der Waals surface area contributed by atoms with Gasteiger partial charge in [-0.05, 0) is 26.0 Å². The normalized spacial score (nSPS) is 11.8. The van der Waals surface area contributed by atoms with Crippen molar-refractivity contribution in [3.8, 4) is 0 Å². The van der Waals surface area contributed by atoms with Crippen LogP contribution in [0.15, 0.2) is 18.2 Å². The fourth-order valence-electron chi connectivity index (χ4n) is 1.59. The maximum atomic E-state index is 11.9. The minimum atomic E-state index is -0.479. The second kappa shape index (κ2) is 7.44. The summed E-state index contributed by atoms with van der Waals surface area (Å²) in [5.74, 6) is -0.289. The third-order valence-electron chi connectivity index (χ3n) is 2.78. The number of anilines is 1. The molecule has 20 heavy (non-hydrogen) atoms. The Balaban J connectivity index is 2.88. The molecule has 7 heteroatoms. The van der Waals surface area contributed by atoms with Crippen LogP contribution in [0.4, 0.5) is 11.4 Å². The van der Waals surface area contributed by atoms with E-state index >= 15 is 0 Å². The largest absolute Gasteiger partial charge is 0.380 e. The summed E-state index contributed by atoms with van der Waals surface area (Å²) in [6.45, 7) is 4.58. The molecule has 0 aliphatic heterocycles. The van der Waals surface area contributed by atoms with E-state index in [2.05, 4.69) is 10.6 Å². The summed E-state index contributed by atoms with van der Waals surface area (Å²) in [5.41, 5.74) is 0.661. The number of amides is 1. The summed E-state index contributed by atoms with van der Waals surface area (Å²) < 4.78 is 5.03. The zero-order valence-corrected chi connectivity index (χ0v) is 11.8. The molecule has 0 radical (unpaired) electrons. The molecule has 1 unspecified atom stereocenters. The number of hydrogen-bond acceptors (Lipinski definition) is 5. The number of nitro groups is 1. The van der Waals surface area contributed by atoms with E-state index in [-0.39, 0.29) is 17.7 Å². The molecule has 0 aromatic heterocycles. The van der Waals surface area contributed by atoms with Crippen LogP contribution in [-0.4, -0.2) is 37.1 Å². The van der Waals surface area contributed by atoms with E-state index in [0.29, 0.717) is 24.3 Å². The summed E-state index contributed by atoms with van der Waals surface area (Å²) in [6.07, 6.45) is -0.0924. The zero-order chi connectivity index (χ0) is 15.1. The number of nitro benzene ring substituents is 1. The SMILES string of the molecule is CCNc1cc(C(=O)NCC(C)OC)ccc1[N+](=O)[O-]. The Hall–Kier alpha value is -2.15. The lowest BCUT2D eigenvalue weighted by atomic mass is 10.1. The Bertz CT molecular complexity index is 491.